The van der Waals surface area contributed by atoms with Crippen molar-refractivity contribution in [2.45, 2.75) is 26.7 Å². The van der Waals surface area contributed by atoms with E-state index in [1.54, 1.807) is 0 Å². The first-order chi connectivity index (χ1) is 17.1. The average molecular weight is 461 g/mol. The van der Waals surface area contributed by atoms with Gasteiger partial charge in [0.1, 0.15) is 5.82 Å². The lowest BCUT2D eigenvalue weighted by atomic mass is 10.1. The van der Waals surface area contributed by atoms with E-state index in [0.717, 1.165) is 57.9 Å². The maximum atomic E-state index is 12.5. The van der Waals surface area contributed by atoms with Gasteiger partial charge in [0.25, 0.3) is 0 Å². The molecule has 4 aromatic carbocycles. The number of hydrogen-bond donors (Lipinski definition) is 2. The Morgan fingerprint density at radius 2 is 1.54 bits per heavy atom. The Labute approximate surface area is 205 Å². The van der Waals surface area contributed by atoms with Gasteiger partial charge in [-0.05, 0) is 79.4 Å². The molecule has 0 fully saturated rings. The number of hydrogen-bond acceptors (Lipinski definition) is 2. The predicted octanol–water partition coefficient (Wildman–Crippen LogP) is 7.07. The Kier molecular flexibility index (Phi) is 6.31. The molecule has 35 heavy (non-hydrogen) atoms. The number of carbonyl (C=O) groups is 1. The number of amides is 2. The van der Waals surface area contributed by atoms with Gasteiger partial charge in [-0.25, -0.2) is 9.78 Å². The molecular formula is C30H28N4O. The molecule has 0 aliphatic heterocycles. The van der Waals surface area contributed by atoms with Gasteiger partial charge in [0.05, 0.1) is 11.0 Å². The van der Waals surface area contributed by atoms with Crippen molar-refractivity contribution in [2.75, 3.05) is 10.6 Å². The van der Waals surface area contributed by atoms with Gasteiger partial charge >= 0.3 is 6.03 Å². The van der Waals surface area contributed by atoms with E-state index in [0.29, 0.717) is 0 Å². The minimum absolute atomic E-state index is 0.247. The molecule has 0 atom stereocenters. The molecular weight excluding hydrogens is 432 g/mol. The van der Waals surface area contributed by atoms with E-state index in [2.05, 4.69) is 69.8 Å². The molecule has 0 aliphatic rings. The van der Waals surface area contributed by atoms with Crippen LogP contribution >= 0.6 is 0 Å². The summed E-state index contributed by atoms with van der Waals surface area (Å²) in [6.07, 6.45) is 1.66. The van der Waals surface area contributed by atoms with Gasteiger partial charge in [-0.3, -0.25) is 4.57 Å². The summed E-state index contributed by atoms with van der Waals surface area (Å²) in [7, 11) is 0. The van der Waals surface area contributed by atoms with Crippen molar-refractivity contribution in [2.24, 2.45) is 0 Å². The largest absolute Gasteiger partial charge is 0.323 e. The van der Waals surface area contributed by atoms with Crippen molar-refractivity contribution >= 4 is 28.4 Å². The van der Waals surface area contributed by atoms with Gasteiger partial charge in [0, 0.05) is 23.5 Å². The maximum absolute atomic E-state index is 12.5. The third-order valence-corrected chi connectivity index (χ3v) is 6.14. The normalized spacial score (nSPS) is 10.9. The molecule has 5 heteroatoms. The SMILES string of the molecule is Cc1ccc(C)c(NC(=O)Nc2ccc(CCc3nc4ccccc4n3-c3ccccc3)cc2)c1. The summed E-state index contributed by atoms with van der Waals surface area (Å²) >= 11 is 0. The van der Waals surface area contributed by atoms with E-state index in [9.17, 15) is 4.79 Å². The van der Waals surface area contributed by atoms with E-state index < -0.39 is 0 Å². The molecule has 0 saturated carbocycles. The van der Waals surface area contributed by atoms with Gasteiger partial charge in [-0.15, -0.1) is 0 Å². The lowest BCUT2D eigenvalue weighted by Crippen LogP contribution is -2.20. The summed E-state index contributed by atoms with van der Waals surface area (Å²) in [5.41, 5.74) is 8.14. The molecule has 0 saturated heterocycles. The highest BCUT2D eigenvalue weighted by Gasteiger charge is 2.12. The van der Waals surface area contributed by atoms with E-state index in [1.165, 1.54) is 5.56 Å². The van der Waals surface area contributed by atoms with Crippen LogP contribution in [0.4, 0.5) is 16.2 Å². The first-order valence-corrected chi connectivity index (χ1v) is 11.8. The topological polar surface area (TPSA) is 59.0 Å². The van der Waals surface area contributed by atoms with Crippen LogP contribution < -0.4 is 10.6 Å². The van der Waals surface area contributed by atoms with Gasteiger partial charge in [-0.1, -0.05) is 54.6 Å². The number of carbonyl (C=O) groups excluding carboxylic acids is 1. The Hall–Kier alpha value is -4.38. The van der Waals surface area contributed by atoms with Crippen LogP contribution in [0.25, 0.3) is 16.7 Å². The number of para-hydroxylation sites is 3. The number of anilines is 2. The number of aryl methyl sites for hydroxylation is 4. The monoisotopic (exact) mass is 460 g/mol. The van der Waals surface area contributed by atoms with Crippen molar-refractivity contribution < 1.29 is 4.79 Å². The second kappa shape index (κ2) is 9.85. The quantitative estimate of drug-likeness (QED) is 0.285. The number of nitrogens with zero attached hydrogens (tertiary/aromatic N) is 2. The summed E-state index contributed by atoms with van der Waals surface area (Å²) in [5.74, 6) is 1.03. The molecule has 2 amide bonds. The van der Waals surface area contributed by atoms with Crippen LogP contribution in [0.15, 0.2) is 97.1 Å². The average Bonchev–Trinajstić information content (AvgIpc) is 3.25. The minimum Gasteiger partial charge on any atom is -0.308 e. The zero-order valence-corrected chi connectivity index (χ0v) is 20.0. The summed E-state index contributed by atoms with van der Waals surface area (Å²) < 4.78 is 2.24. The standard InChI is InChI=1S/C30H28N4O/c1-21-12-13-22(2)27(20-21)33-30(35)31-24-17-14-23(15-18-24)16-19-29-32-26-10-6-7-11-28(26)34(29)25-8-4-3-5-9-25/h3-15,17-18,20H,16,19H2,1-2H3,(H2,31,33,35). The van der Waals surface area contributed by atoms with Crippen LogP contribution in [0.2, 0.25) is 0 Å². The van der Waals surface area contributed by atoms with Gasteiger partial charge in [-0.2, -0.15) is 0 Å². The van der Waals surface area contributed by atoms with Crippen molar-refractivity contribution in [1.29, 1.82) is 0 Å². The fraction of sp³-hybridized carbons (Fsp3) is 0.133. The first kappa shape index (κ1) is 22.4. The molecule has 5 rings (SSSR count). The van der Waals surface area contributed by atoms with Gasteiger partial charge < -0.3 is 10.6 Å². The van der Waals surface area contributed by atoms with E-state index in [4.69, 9.17) is 4.98 Å². The maximum Gasteiger partial charge on any atom is 0.323 e. The molecule has 0 radical (unpaired) electrons. The van der Waals surface area contributed by atoms with Crippen LogP contribution in [-0.2, 0) is 12.8 Å². The van der Waals surface area contributed by atoms with Crippen molar-refractivity contribution in [3.63, 3.8) is 0 Å². The van der Waals surface area contributed by atoms with Crippen molar-refractivity contribution in [3.05, 3.63) is 120 Å². The lowest BCUT2D eigenvalue weighted by Gasteiger charge is -2.11. The molecule has 0 bridgehead atoms. The highest BCUT2D eigenvalue weighted by Crippen LogP contribution is 2.23. The van der Waals surface area contributed by atoms with Crippen LogP contribution in [0.3, 0.4) is 0 Å². The van der Waals surface area contributed by atoms with Crippen molar-refractivity contribution in [3.8, 4) is 5.69 Å². The van der Waals surface area contributed by atoms with Gasteiger partial charge in [0.2, 0.25) is 0 Å². The predicted molar refractivity (Wildman–Crippen MR) is 143 cm³/mol. The third kappa shape index (κ3) is 5.09. The zero-order chi connectivity index (χ0) is 24.2. The number of urea groups is 1. The zero-order valence-electron chi connectivity index (χ0n) is 20.0. The Bertz CT molecular complexity index is 1470. The molecule has 2 N–H and O–H groups in total. The van der Waals surface area contributed by atoms with E-state index in [-0.39, 0.29) is 6.03 Å². The minimum atomic E-state index is -0.247. The number of rotatable bonds is 6. The summed E-state index contributed by atoms with van der Waals surface area (Å²) in [4.78, 5) is 17.4. The highest BCUT2D eigenvalue weighted by molar-refractivity contribution is 6.00. The van der Waals surface area contributed by atoms with E-state index in [1.807, 2.05) is 56.3 Å². The van der Waals surface area contributed by atoms with Crippen LogP contribution in [0.5, 0.6) is 0 Å². The summed E-state index contributed by atoms with van der Waals surface area (Å²) in [5, 5.41) is 5.85. The Morgan fingerprint density at radius 1 is 0.800 bits per heavy atom. The smallest absolute Gasteiger partial charge is 0.308 e. The molecule has 0 aliphatic carbocycles. The fourth-order valence-corrected chi connectivity index (χ4v) is 4.27. The second-order valence-corrected chi connectivity index (χ2v) is 8.78. The van der Waals surface area contributed by atoms with Crippen molar-refractivity contribution in [1.82, 2.24) is 9.55 Å². The Morgan fingerprint density at radius 3 is 2.34 bits per heavy atom. The van der Waals surface area contributed by atoms with E-state index >= 15 is 0 Å². The number of aromatic nitrogens is 2. The molecule has 1 aromatic heterocycles. The fourth-order valence-electron chi connectivity index (χ4n) is 4.27. The lowest BCUT2D eigenvalue weighted by molar-refractivity contribution is 0.262. The summed E-state index contributed by atoms with van der Waals surface area (Å²) in [6, 6.07) is 32.4. The highest BCUT2D eigenvalue weighted by atomic mass is 16.2. The molecule has 1 heterocycles. The summed E-state index contributed by atoms with van der Waals surface area (Å²) in [6.45, 7) is 3.99. The molecule has 174 valence electrons. The second-order valence-electron chi connectivity index (χ2n) is 8.78. The molecule has 5 aromatic rings. The Balaban J connectivity index is 1.27. The number of nitrogens with one attached hydrogen (secondary N) is 2. The first-order valence-electron chi connectivity index (χ1n) is 11.8. The van der Waals surface area contributed by atoms with Crippen LogP contribution in [-0.4, -0.2) is 15.6 Å². The number of benzene rings is 4. The third-order valence-electron chi connectivity index (χ3n) is 6.14. The number of fused-ring (bicyclic) bond motifs is 1. The van der Waals surface area contributed by atoms with Gasteiger partial charge in [0.15, 0.2) is 0 Å². The molecule has 0 unspecified atom stereocenters. The van der Waals surface area contributed by atoms with Crippen LogP contribution in [0.1, 0.15) is 22.5 Å². The molecule has 5 nitrogen and oxygen atoms in total. The number of imidazole rings is 1. The van der Waals surface area contributed by atoms with Crippen LogP contribution in [0, 0.1) is 13.8 Å². The molecule has 0 spiro atoms.